The lowest BCUT2D eigenvalue weighted by molar-refractivity contribution is 0.0959. The second kappa shape index (κ2) is 6.28. The van der Waals surface area contributed by atoms with Gasteiger partial charge in [-0.1, -0.05) is 13.8 Å². The summed E-state index contributed by atoms with van der Waals surface area (Å²) in [6.45, 7) is 4.65. The molecule has 0 aromatic heterocycles. The second-order valence-electron chi connectivity index (χ2n) is 3.75. The first-order valence-corrected chi connectivity index (χ1v) is 5.71. The van der Waals surface area contributed by atoms with Crippen molar-refractivity contribution in [2.45, 2.75) is 32.7 Å². The van der Waals surface area contributed by atoms with Crippen LogP contribution in [0.5, 0.6) is 5.75 Å². The molecule has 1 aromatic rings. The van der Waals surface area contributed by atoms with Gasteiger partial charge in [0.05, 0.1) is 12.6 Å². The zero-order valence-electron chi connectivity index (χ0n) is 9.90. The predicted molar refractivity (Wildman–Crippen MR) is 64.8 cm³/mol. The summed E-state index contributed by atoms with van der Waals surface area (Å²) in [6.07, 6.45) is 1.63. The molecule has 1 unspecified atom stereocenters. The van der Waals surface area contributed by atoms with Crippen LogP contribution in [-0.4, -0.2) is 18.4 Å². The SMILES string of the molecule is CCCOc1ccc(C(=O)C(N)CC)cc1. The molecule has 0 heterocycles. The van der Waals surface area contributed by atoms with Crippen molar-refractivity contribution >= 4 is 5.78 Å². The van der Waals surface area contributed by atoms with Gasteiger partial charge in [0, 0.05) is 5.56 Å². The molecule has 0 spiro atoms. The topological polar surface area (TPSA) is 52.3 Å². The largest absolute Gasteiger partial charge is 0.494 e. The van der Waals surface area contributed by atoms with Crippen molar-refractivity contribution < 1.29 is 9.53 Å². The number of rotatable bonds is 6. The number of Topliss-reactive ketones (excluding diaryl/α,β-unsaturated/α-hetero) is 1. The summed E-state index contributed by atoms with van der Waals surface area (Å²) in [4.78, 5) is 11.7. The van der Waals surface area contributed by atoms with E-state index in [0.29, 0.717) is 18.6 Å². The Balaban J connectivity index is 2.67. The van der Waals surface area contributed by atoms with Crippen LogP contribution >= 0.6 is 0 Å². The van der Waals surface area contributed by atoms with Crippen LogP contribution in [0.4, 0.5) is 0 Å². The van der Waals surface area contributed by atoms with Gasteiger partial charge in [-0.15, -0.1) is 0 Å². The molecule has 1 aromatic carbocycles. The standard InChI is InChI=1S/C13H19NO2/c1-3-9-16-11-7-5-10(6-8-11)13(15)12(14)4-2/h5-8,12H,3-4,9,14H2,1-2H3. The molecule has 0 aliphatic rings. The molecule has 0 aliphatic carbocycles. The number of ketones is 1. The lowest BCUT2D eigenvalue weighted by Crippen LogP contribution is -2.29. The van der Waals surface area contributed by atoms with Crippen molar-refractivity contribution in [1.82, 2.24) is 0 Å². The first-order valence-electron chi connectivity index (χ1n) is 5.71. The Morgan fingerprint density at radius 1 is 1.31 bits per heavy atom. The predicted octanol–water partition coefficient (Wildman–Crippen LogP) is 2.40. The zero-order valence-corrected chi connectivity index (χ0v) is 9.90. The van der Waals surface area contributed by atoms with E-state index in [1.807, 2.05) is 19.1 Å². The van der Waals surface area contributed by atoms with Crippen molar-refractivity contribution in [2.75, 3.05) is 6.61 Å². The van der Waals surface area contributed by atoms with Gasteiger partial charge in [-0.3, -0.25) is 4.79 Å². The van der Waals surface area contributed by atoms with E-state index in [4.69, 9.17) is 10.5 Å². The smallest absolute Gasteiger partial charge is 0.179 e. The highest BCUT2D eigenvalue weighted by atomic mass is 16.5. The maximum absolute atomic E-state index is 11.7. The summed E-state index contributed by atoms with van der Waals surface area (Å²) in [5, 5.41) is 0. The summed E-state index contributed by atoms with van der Waals surface area (Å²) in [7, 11) is 0. The molecule has 0 radical (unpaired) electrons. The molecule has 0 saturated heterocycles. The number of benzene rings is 1. The van der Waals surface area contributed by atoms with Gasteiger partial charge >= 0.3 is 0 Å². The average Bonchev–Trinajstić information content (AvgIpc) is 2.35. The third-order valence-electron chi connectivity index (χ3n) is 2.39. The monoisotopic (exact) mass is 221 g/mol. The molecule has 3 nitrogen and oxygen atoms in total. The van der Waals surface area contributed by atoms with E-state index >= 15 is 0 Å². The van der Waals surface area contributed by atoms with E-state index in [2.05, 4.69) is 6.92 Å². The molecule has 0 bridgehead atoms. The quantitative estimate of drug-likeness (QED) is 0.750. The van der Waals surface area contributed by atoms with E-state index in [0.717, 1.165) is 12.2 Å². The molecular weight excluding hydrogens is 202 g/mol. The van der Waals surface area contributed by atoms with Gasteiger partial charge in [0.15, 0.2) is 5.78 Å². The van der Waals surface area contributed by atoms with Crippen molar-refractivity contribution in [2.24, 2.45) is 5.73 Å². The van der Waals surface area contributed by atoms with Crippen molar-refractivity contribution in [1.29, 1.82) is 0 Å². The maximum atomic E-state index is 11.7. The Kier molecular flexibility index (Phi) is 4.99. The Bertz CT molecular complexity index is 332. The summed E-state index contributed by atoms with van der Waals surface area (Å²) in [6, 6.07) is 6.75. The third kappa shape index (κ3) is 3.35. The van der Waals surface area contributed by atoms with Gasteiger partial charge in [0.2, 0.25) is 0 Å². The van der Waals surface area contributed by atoms with Gasteiger partial charge in [0.1, 0.15) is 5.75 Å². The summed E-state index contributed by atoms with van der Waals surface area (Å²) < 4.78 is 5.43. The fraction of sp³-hybridized carbons (Fsp3) is 0.462. The van der Waals surface area contributed by atoms with Crippen LogP contribution in [-0.2, 0) is 0 Å². The Morgan fingerprint density at radius 2 is 1.94 bits per heavy atom. The molecule has 0 fully saturated rings. The Labute approximate surface area is 96.6 Å². The van der Waals surface area contributed by atoms with Crippen molar-refractivity contribution in [3.8, 4) is 5.75 Å². The molecular formula is C13H19NO2. The van der Waals surface area contributed by atoms with Crippen molar-refractivity contribution in [3.05, 3.63) is 29.8 Å². The molecule has 1 rings (SSSR count). The maximum Gasteiger partial charge on any atom is 0.179 e. The molecule has 1 atom stereocenters. The fourth-order valence-electron chi connectivity index (χ4n) is 1.33. The number of carbonyl (C=O) groups is 1. The van der Waals surface area contributed by atoms with E-state index in [-0.39, 0.29) is 5.78 Å². The summed E-state index contributed by atoms with van der Waals surface area (Å²) in [5.41, 5.74) is 6.34. The first kappa shape index (κ1) is 12.7. The van der Waals surface area contributed by atoms with Gasteiger partial charge in [0.25, 0.3) is 0 Å². The van der Waals surface area contributed by atoms with Crippen LogP contribution in [0.1, 0.15) is 37.0 Å². The van der Waals surface area contributed by atoms with Crippen LogP contribution in [0.2, 0.25) is 0 Å². The minimum atomic E-state index is -0.401. The molecule has 0 saturated carbocycles. The zero-order chi connectivity index (χ0) is 12.0. The van der Waals surface area contributed by atoms with Gasteiger partial charge in [-0.05, 0) is 37.1 Å². The molecule has 88 valence electrons. The highest BCUT2D eigenvalue weighted by Crippen LogP contribution is 2.14. The van der Waals surface area contributed by atoms with Crippen LogP contribution in [0.3, 0.4) is 0 Å². The van der Waals surface area contributed by atoms with Crippen LogP contribution < -0.4 is 10.5 Å². The summed E-state index contributed by atoms with van der Waals surface area (Å²) >= 11 is 0. The Morgan fingerprint density at radius 3 is 2.44 bits per heavy atom. The molecule has 0 aliphatic heterocycles. The fourth-order valence-corrected chi connectivity index (χ4v) is 1.33. The van der Waals surface area contributed by atoms with E-state index in [9.17, 15) is 4.79 Å². The van der Waals surface area contributed by atoms with Crippen LogP contribution in [0.15, 0.2) is 24.3 Å². The van der Waals surface area contributed by atoms with Crippen molar-refractivity contribution in [3.63, 3.8) is 0 Å². The average molecular weight is 221 g/mol. The normalized spacial score (nSPS) is 12.2. The highest BCUT2D eigenvalue weighted by molar-refractivity contribution is 5.99. The highest BCUT2D eigenvalue weighted by Gasteiger charge is 2.13. The number of nitrogens with two attached hydrogens (primary N) is 1. The summed E-state index contributed by atoms with van der Waals surface area (Å²) in [5.74, 6) is 0.785. The van der Waals surface area contributed by atoms with E-state index < -0.39 is 6.04 Å². The molecule has 0 amide bonds. The van der Waals surface area contributed by atoms with Gasteiger partial charge in [-0.2, -0.15) is 0 Å². The minimum absolute atomic E-state index is 0.00968. The van der Waals surface area contributed by atoms with Gasteiger partial charge in [-0.25, -0.2) is 0 Å². The number of hydrogen-bond donors (Lipinski definition) is 1. The molecule has 2 N–H and O–H groups in total. The van der Waals surface area contributed by atoms with E-state index in [1.165, 1.54) is 0 Å². The van der Waals surface area contributed by atoms with Gasteiger partial charge < -0.3 is 10.5 Å². The lowest BCUT2D eigenvalue weighted by atomic mass is 10.0. The number of carbonyl (C=O) groups excluding carboxylic acids is 1. The van der Waals surface area contributed by atoms with Crippen LogP contribution in [0.25, 0.3) is 0 Å². The lowest BCUT2D eigenvalue weighted by Gasteiger charge is -2.08. The van der Waals surface area contributed by atoms with E-state index in [1.54, 1.807) is 12.1 Å². The Hall–Kier alpha value is -1.35. The number of hydrogen-bond acceptors (Lipinski definition) is 3. The number of ether oxygens (including phenoxy) is 1. The molecule has 16 heavy (non-hydrogen) atoms. The molecule has 3 heteroatoms. The second-order valence-corrected chi connectivity index (χ2v) is 3.75. The first-order chi connectivity index (χ1) is 7.69. The third-order valence-corrected chi connectivity index (χ3v) is 2.39. The minimum Gasteiger partial charge on any atom is -0.494 e. The van der Waals surface area contributed by atoms with Crippen LogP contribution in [0, 0.1) is 0 Å².